The third-order valence-electron chi connectivity index (χ3n) is 4.45. The highest BCUT2D eigenvalue weighted by atomic mass is 16.5. The molecule has 120 valence electrons. The molecule has 0 amide bonds. The summed E-state index contributed by atoms with van der Waals surface area (Å²) in [4.78, 5) is 9.07. The Labute approximate surface area is 134 Å². The van der Waals surface area contributed by atoms with Crippen molar-refractivity contribution in [1.29, 1.82) is 0 Å². The summed E-state index contributed by atoms with van der Waals surface area (Å²) in [6.07, 6.45) is 5.81. The summed E-state index contributed by atoms with van der Waals surface area (Å²) < 4.78 is 13.4. The summed E-state index contributed by atoms with van der Waals surface area (Å²) in [7, 11) is 2.02. The molecular formula is C17H20N4O2. The third kappa shape index (κ3) is 2.82. The van der Waals surface area contributed by atoms with E-state index in [9.17, 15) is 0 Å². The zero-order valence-electron chi connectivity index (χ0n) is 13.1. The van der Waals surface area contributed by atoms with Gasteiger partial charge in [0, 0.05) is 32.7 Å². The third-order valence-corrected chi connectivity index (χ3v) is 4.45. The first-order valence-corrected chi connectivity index (χ1v) is 7.98. The molecule has 1 saturated heterocycles. The van der Waals surface area contributed by atoms with Gasteiger partial charge in [0.15, 0.2) is 5.58 Å². The molecule has 23 heavy (non-hydrogen) atoms. The minimum Gasteiger partial charge on any atom is -0.424 e. The number of benzene rings is 1. The van der Waals surface area contributed by atoms with Gasteiger partial charge in [0.25, 0.3) is 6.01 Å². The quantitative estimate of drug-likeness (QED) is 0.801. The van der Waals surface area contributed by atoms with E-state index in [2.05, 4.69) is 19.9 Å². The minimum atomic E-state index is 0.0620. The SMILES string of the molecule is Cn1ccnc1[C@@H](Nc1nc2ccccc2o1)C1CCOCC1. The number of ether oxygens (including phenoxy) is 1. The van der Waals surface area contributed by atoms with Gasteiger partial charge < -0.3 is 19.0 Å². The van der Waals surface area contributed by atoms with Crippen molar-refractivity contribution in [3.05, 3.63) is 42.5 Å². The van der Waals surface area contributed by atoms with Crippen LogP contribution in [0.15, 0.2) is 41.1 Å². The Hall–Kier alpha value is -2.34. The number of aryl methyl sites for hydroxylation is 1. The summed E-state index contributed by atoms with van der Waals surface area (Å²) in [5.74, 6) is 1.44. The number of hydrogen-bond acceptors (Lipinski definition) is 5. The van der Waals surface area contributed by atoms with Crippen molar-refractivity contribution in [3.63, 3.8) is 0 Å². The Kier molecular flexibility index (Phi) is 3.75. The number of rotatable bonds is 4. The summed E-state index contributed by atoms with van der Waals surface area (Å²) in [5.41, 5.74) is 1.65. The van der Waals surface area contributed by atoms with Crippen LogP contribution in [0.2, 0.25) is 0 Å². The van der Waals surface area contributed by atoms with E-state index < -0.39 is 0 Å². The van der Waals surface area contributed by atoms with Gasteiger partial charge in [0.2, 0.25) is 0 Å². The maximum Gasteiger partial charge on any atom is 0.296 e. The van der Waals surface area contributed by atoms with Crippen molar-refractivity contribution in [3.8, 4) is 0 Å². The lowest BCUT2D eigenvalue weighted by Crippen LogP contribution is -2.29. The van der Waals surface area contributed by atoms with E-state index >= 15 is 0 Å². The van der Waals surface area contributed by atoms with Crippen molar-refractivity contribution < 1.29 is 9.15 Å². The van der Waals surface area contributed by atoms with Crippen LogP contribution in [0.5, 0.6) is 0 Å². The fraction of sp³-hybridized carbons (Fsp3) is 0.412. The van der Waals surface area contributed by atoms with Gasteiger partial charge in [-0.3, -0.25) is 0 Å². The van der Waals surface area contributed by atoms with E-state index in [1.165, 1.54) is 0 Å². The maximum atomic E-state index is 5.84. The minimum absolute atomic E-state index is 0.0620. The molecule has 2 aromatic heterocycles. The van der Waals surface area contributed by atoms with Gasteiger partial charge in [-0.1, -0.05) is 12.1 Å². The summed E-state index contributed by atoms with van der Waals surface area (Å²) >= 11 is 0. The lowest BCUT2D eigenvalue weighted by molar-refractivity contribution is 0.0592. The molecule has 6 heteroatoms. The maximum absolute atomic E-state index is 5.84. The largest absolute Gasteiger partial charge is 0.424 e. The lowest BCUT2D eigenvalue weighted by Gasteiger charge is -2.30. The van der Waals surface area contributed by atoms with Crippen LogP contribution in [0.25, 0.3) is 11.1 Å². The summed E-state index contributed by atoms with van der Waals surface area (Å²) in [6, 6.07) is 8.40. The predicted octanol–water partition coefficient (Wildman–Crippen LogP) is 3.14. The number of oxazole rings is 1. The van der Waals surface area contributed by atoms with E-state index in [0.717, 1.165) is 43.0 Å². The van der Waals surface area contributed by atoms with Gasteiger partial charge in [0.1, 0.15) is 11.3 Å². The molecule has 1 atom stereocenters. The first kappa shape index (κ1) is 14.3. The van der Waals surface area contributed by atoms with Crippen LogP contribution in [0.4, 0.5) is 6.01 Å². The molecule has 0 aliphatic carbocycles. The highest BCUT2D eigenvalue weighted by Gasteiger charge is 2.29. The molecule has 1 N–H and O–H groups in total. The first-order valence-electron chi connectivity index (χ1n) is 7.98. The lowest BCUT2D eigenvalue weighted by atomic mass is 9.91. The van der Waals surface area contributed by atoms with E-state index in [-0.39, 0.29) is 6.04 Å². The van der Waals surface area contributed by atoms with Crippen LogP contribution in [0, 0.1) is 5.92 Å². The topological polar surface area (TPSA) is 65.1 Å². The molecule has 3 heterocycles. The molecule has 0 spiro atoms. The average molecular weight is 312 g/mol. The smallest absolute Gasteiger partial charge is 0.296 e. The molecule has 0 saturated carbocycles. The molecular weight excluding hydrogens is 292 g/mol. The number of anilines is 1. The van der Waals surface area contributed by atoms with E-state index in [4.69, 9.17) is 9.15 Å². The van der Waals surface area contributed by atoms with Crippen LogP contribution in [-0.2, 0) is 11.8 Å². The molecule has 1 aromatic carbocycles. The number of nitrogens with zero attached hydrogens (tertiary/aromatic N) is 3. The molecule has 1 aliphatic rings. The zero-order chi connectivity index (χ0) is 15.6. The van der Waals surface area contributed by atoms with Crippen molar-refractivity contribution in [2.75, 3.05) is 18.5 Å². The fourth-order valence-corrected chi connectivity index (χ4v) is 3.19. The zero-order valence-corrected chi connectivity index (χ0v) is 13.1. The second kappa shape index (κ2) is 6.04. The van der Waals surface area contributed by atoms with Gasteiger partial charge in [-0.15, -0.1) is 0 Å². The van der Waals surface area contributed by atoms with Crippen LogP contribution in [-0.4, -0.2) is 27.7 Å². The standard InChI is InChI=1S/C17H20N4O2/c1-21-9-8-18-16(21)15(12-6-10-22-11-7-12)20-17-19-13-4-2-3-5-14(13)23-17/h2-5,8-9,12,15H,6-7,10-11H2,1H3,(H,19,20)/t15-/m0/s1. The van der Waals surface area contributed by atoms with Crippen molar-refractivity contribution in [2.24, 2.45) is 13.0 Å². The molecule has 4 rings (SSSR count). The van der Waals surface area contributed by atoms with E-state index in [1.54, 1.807) is 0 Å². The van der Waals surface area contributed by atoms with Crippen molar-refractivity contribution in [2.45, 2.75) is 18.9 Å². The van der Waals surface area contributed by atoms with Crippen LogP contribution in [0.1, 0.15) is 24.7 Å². The number of nitrogens with one attached hydrogen (secondary N) is 1. The number of hydrogen-bond donors (Lipinski definition) is 1. The van der Waals surface area contributed by atoms with Gasteiger partial charge in [0.05, 0.1) is 6.04 Å². The second-order valence-corrected chi connectivity index (χ2v) is 5.95. The summed E-state index contributed by atoms with van der Waals surface area (Å²) in [5, 5.41) is 3.46. The van der Waals surface area contributed by atoms with Gasteiger partial charge in [-0.05, 0) is 30.9 Å². The Balaban J connectivity index is 1.65. The van der Waals surface area contributed by atoms with Gasteiger partial charge in [-0.2, -0.15) is 4.98 Å². The number of para-hydroxylation sites is 2. The highest BCUT2D eigenvalue weighted by molar-refractivity contribution is 5.74. The van der Waals surface area contributed by atoms with Crippen LogP contribution < -0.4 is 5.32 Å². The van der Waals surface area contributed by atoms with Gasteiger partial charge in [-0.25, -0.2) is 4.98 Å². The number of aromatic nitrogens is 3. The van der Waals surface area contributed by atoms with Crippen LogP contribution >= 0.6 is 0 Å². The molecule has 3 aromatic rings. The second-order valence-electron chi connectivity index (χ2n) is 5.95. The van der Waals surface area contributed by atoms with Crippen molar-refractivity contribution in [1.82, 2.24) is 14.5 Å². The monoisotopic (exact) mass is 312 g/mol. The molecule has 1 fully saturated rings. The molecule has 1 aliphatic heterocycles. The molecule has 0 bridgehead atoms. The predicted molar refractivity (Wildman–Crippen MR) is 87.1 cm³/mol. The Morgan fingerprint density at radius 2 is 2.09 bits per heavy atom. The van der Waals surface area contributed by atoms with E-state index in [0.29, 0.717) is 11.9 Å². The number of imidazole rings is 1. The average Bonchev–Trinajstić information content (AvgIpc) is 3.19. The number of fused-ring (bicyclic) bond motifs is 1. The van der Waals surface area contributed by atoms with Crippen LogP contribution in [0.3, 0.4) is 0 Å². The highest BCUT2D eigenvalue weighted by Crippen LogP contribution is 2.32. The summed E-state index contributed by atoms with van der Waals surface area (Å²) in [6.45, 7) is 1.58. The fourth-order valence-electron chi connectivity index (χ4n) is 3.19. The first-order chi connectivity index (χ1) is 11.3. The van der Waals surface area contributed by atoms with Crippen molar-refractivity contribution >= 4 is 17.1 Å². The molecule has 6 nitrogen and oxygen atoms in total. The Morgan fingerprint density at radius 3 is 2.83 bits per heavy atom. The van der Waals surface area contributed by atoms with Gasteiger partial charge >= 0.3 is 0 Å². The molecule has 0 unspecified atom stereocenters. The normalized spacial score (nSPS) is 17.4. The molecule has 0 radical (unpaired) electrons. The Morgan fingerprint density at radius 1 is 1.26 bits per heavy atom. The Bertz CT molecular complexity index is 756. The van der Waals surface area contributed by atoms with E-state index in [1.807, 2.05) is 43.7 Å².